The second-order valence-electron chi connectivity index (χ2n) is 24.4. The lowest BCUT2D eigenvalue weighted by atomic mass is 10.1. The van der Waals surface area contributed by atoms with E-state index >= 15 is 0 Å². The van der Waals surface area contributed by atoms with Gasteiger partial charge in [-0.05, 0) is 259 Å². The Labute approximate surface area is 879 Å². The van der Waals surface area contributed by atoms with Gasteiger partial charge in [-0.3, -0.25) is 4.79 Å². The van der Waals surface area contributed by atoms with Crippen molar-refractivity contribution in [3.8, 4) is 64.8 Å². The highest BCUT2D eigenvalue weighted by Crippen LogP contribution is 2.44. The zero-order valence-corrected chi connectivity index (χ0v) is 91.1. The molecule has 0 radical (unpaired) electrons. The molecule has 676 valence electrons. The minimum atomic E-state index is -0.447. The van der Waals surface area contributed by atoms with E-state index in [9.17, 15) is 19.5 Å². The zero-order chi connectivity index (χ0) is 98.0. The summed E-state index contributed by atoms with van der Waals surface area (Å²) in [5.74, 6) is 2.77. The Morgan fingerprint density at radius 1 is 0.500 bits per heavy atom. The Kier molecular flexibility index (Phi) is 58.7. The molecule has 0 bridgehead atoms. The Bertz CT molecular complexity index is 5920. The maximum absolute atomic E-state index is 11.7. The number of halogens is 15. The summed E-state index contributed by atoms with van der Waals surface area (Å²) < 4.78 is 37.2. The van der Waals surface area contributed by atoms with Crippen LogP contribution >= 0.6 is 264 Å². The molecule has 1 aromatic heterocycles. The number of para-hydroxylation sites is 2. The van der Waals surface area contributed by atoms with Gasteiger partial charge in [0.05, 0.1) is 111 Å². The van der Waals surface area contributed by atoms with Crippen LogP contribution in [-0.2, 0) is 40.0 Å². The molecule has 9 aromatic carbocycles. The molecule has 35 heteroatoms. The molecule has 0 aliphatic carbocycles. The summed E-state index contributed by atoms with van der Waals surface area (Å²) in [5.41, 5.74) is 6.26. The van der Waals surface area contributed by atoms with Crippen LogP contribution in [-0.4, -0.2) is 59.0 Å². The van der Waals surface area contributed by atoms with Crippen LogP contribution < -0.4 is 18.9 Å². The van der Waals surface area contributed by atoms with Crippen molar-refractivity contribution in [3.63, 3.8) is 0 Å². The maximum Gasteiger partial charge on any atom is 0.339 e. The van der Waals surface area contributed by atoms with Crippen molar-refractivity contribution >= 4 is 307 Å². The number of allylic oxidation sites excluding steroid dienone is 6. The molecule has 0 amide bonds. The molecule has 1 heterocycles. The number of rotatable bonds is 23. The van der Waals surface area contributed by atoms with Gasteiger partial charge >= 0.3 is 17.9 Å². The van der Waals surface area contributed by atoms with Crippen LogP contribution in [0.3, 0.4) is 0 Å². The Morgan fingerprint density at radius 2 is 0.915 bits per heavy atom. The summed E-state index contributed by atoms with van der Waals surface area (Å²) in [6, 6.07) is 44.4. The van der Waals surface area contributed by atoms with Gasteiger partial charge in [0.25, 0.3) is 0 Å². The molecule has 0 spiro atoms. The van der Waals surface area contributed by atoms with Gasteiger partial charge in [-0.1, -0.05) is 214 Å². The molecule has 130 heavy (non-hydrogen) atoms. The average Bonchev–Trinajstić information content (AvgIpc) is 1.28. The molecular formula is C95H76Br7Cl8N5O10S5. The lowest BCUT2D eigenvalue weighted by molar-refractivity contribution is -0.132. The molecule has 0 unspecified atom stereocenters. The van der Waals surface area contributed by atoms with Crippen LogP contribution in [0.4, 0.5) is 0 Å². The second kappa shape index (κ2) is 64.4. The van der Waals surface area contributed by atoms with E-state index in [2.05, 4.69) is 174 Å². The number of nitriles is 5. The number of carbonyl (C=O) groups is 3. The molecule has 15 nitrogen and oxygen atoms in total. The number of nitrogens with zero attached hydrogens (tertiary/aromatic N) is 5. The lowest BCUT2D eigenvalue weighted by Gasteiger charge is -2.13. The number of esters is 3. The number of ether oxygens (including phenoxy) is 6. The second-order valence-corrected chi connectivity index (χ2v) is 37.9. The molecule has 1 N–H and O–H groups in total. The van der Waals surface area contributed by atoms with Crippen LogP contribution in [0.25, 0.3) is 16.2 Å². The first-order valence-corrected chi connectivity index (χ1v) is 48.9. The van der Waals surface area contributed by atoms with Crippen molar-refractivity contribution in [3.05, 3.63) is 347 Å². The number of methoxy groups -OCH3 is 2. The van der Waals surface area contributed by atoms with Gasteiger partial charge < -0.3 is 33.5 Å². The fraction of sp³-hybridized carbons (Fsp3) is 0.137. The number of phenolic OH excluding ortho intramolecular Hbond substituents is 1. The summed E-state index contributed by atoms with van der Waals surface area (Å²) >= 11 is 84.9. The van der Waals surface area contributed by atoms with Gasteiger partial charge in [0.2, 0.25) is 0 Å². The van der Waals surface area contributed by atoms with Crippen molar-refractivity contribution in [2.45, 2.75) is 70.1 Å². The summed E-state index contributed by atoms with van der Waals surface area (Å²) in [4.78, 5) is 36.2. The number of phenols is 1. The standard InChI is InChI=1S/C14H14BrClO2S.C13H11BrClNS.C12H9BrClNO2.C12H9BrClNOS.C12H10O.2C10H7BrClNO.C10H6BrClO2S.C2H3ClS/c1-4-6-9-12(16)10(14(17)18-3)8-11(15)13(9)19-7-5-2;1-3-5-10-12(15)9(8-16)7-11(14)13(10)17-6-4-2;1-3-4-9-11(14)8(6-15)5-10(13)12(9)17-7(2)16;1-3-4-9-11(14)8(6-15)5-10(13)12(9)16-7(2)17;1-3-7-11(8-4-1)13-12-9-5-2-6-10-12;1-2-3-14-10-5-9(12)7(6-13)4-8(10)11;1-2-3-7-9(12)6(5-13)4-8(11)10(7)14;1-14-10(13)6-4-7(11)9-5(8(6)12)2-3-15-9;1-2(3)4/h4-8H,1-3H3;3-4,7H,1-2,5-6H2;2*3,5H,1,4H2,2H3;1-10H;2,4-5H,1,3H2;2,4,14H,1,3H2;2-4H,1H3;1H3. The third-order valence-electron chi connectivity index (χ3n) is 15.3. The van der Waals surface area contributed by atoms with Crippen molar-refractivity contribution in [1.29, 1.82) is 26.3 Å². The first kappa shape index (κ1) is 119. The molecule has 0 aliphatic heterocycles. The largest absolute Gasteiger partial charge is 0.506 e. The first-order valence-electron chi connectivity index (χ1n) is 36.7. The quantitative estimate of drug-likeness (QED) is 0.0156. The summed E-state index contributed by atoms with van der Waals surface area (Å²) in [6.45, 7) is 30.7. The predicted molar refractivity (Wildman–Crippen MR) is 572 cm³/mol. The van der Waals surface area contributed by atoms with Gasteiger partial charge in [0, 0.05) is 81.2 Å². The first-order chi connectivity index (χ1) is 61.9. The third-order valence-corrected chi connectivity index (χ3v) is 26.5. The number of aromatic hydroxyl groups is 1. The SMILES string of the molecule is C=CCOc1cc(Cl)c(C#N)cc1Br.C=CCSc1c(Br)cc(C#N)c(Cl)c1CC=C.C=CCc1c(Cl)c(C#N)cc(Br)c1OC(C)=O.C=CCc1c(Cl)c(C#N)cc(Br)c1OC(C)=S.C=CCc1c(O)c(Br)cc(C#N)c1Cl.CC(=S)Cl.CC=CSc1c(Br)cc(C(=O)OC)c(Cl)c1C=CC.COC(=O)c1cc(Br)c2sccc2c1Cl.c1ccc(Oc2ccccc2)cc1. The van der Waals surface area contributed by atoms with E-state index in [0.29, 0.717) is 158 Å². The molecular weight excluding hydrogens is 2370 g/mol. The van der Waals surface area contributed by atoms with E-state index in [-0.39, 0.29) is 15.8 Å². The van der Waals surface area contributed by atoms with Crippen LogP contribution in [0.5, 0.6) is 34.5 Å². The van der Waals surface area contributed by atoms with Gasteiger partial charge in [-0.25, -0.2) is 9.59 Å². The molecule has 0 saturated heterocycles. The predicted octanol–water partition coefficient (Wildman–Crippen LogP) is 34.7. The Morgan fingerprint density at radius 3 is 1.35 bits per heavy atom. The molecule has 0 aliphatic rings. The minimum Gasteiger partial charge on any atom is -0.506 e. The van der Waals surface area contributed by atoms with Gasteiger partial charge in [0.15, 0.2) is 5.05 Å². The van der Waals surface area contributed by atoms with Crippen LogP contribution in [0, 0.1) is 56.7 Å². The molecule has 0 fully saturated rings. The van der Waals surface area contributed by atoms with Crippen LogP contribution in [0.1, 0.15) is 111 Å². The van der Waals surface area contributed by atoms with Crippen molar-refractivity contribution < 1.29 is 47.9 Å². The average molecular weight is 2450 g/mol. The van der Waals surface area contributed by atoms with E-state index in [1.807, 2.05) is 140 Å². The third kappa shape index (κ3) is 38.5. The van der Waals surface area contributed by atoms with Gasteiger partial charge in [0.1, 0.15) is 71.5 Å². The summed E-state index contributed by atoms with van der Waals surface area (Å²) in [6.07, 6.45) is 17.9. The summed E-state index contributed by atoms with van der Waals surface area (Å²) in [7, 11) is 2.68. The number of thioether (sulfide) groups is 2. The van der Waals surface area contributed by atoms with Crippen molar-refractivity contribution in [2.24, 2.45) is 0 Å². The number of thiophene rings is 1. The highest BCUT2D eigenvalue weighted by Gasteiger charge is 2.23. The number of benzene rings is 9. The molecule has 10 rings (SSSR count). The fourth-order valence-electron chi connectivity index (χ4n) is 9.87. The Balaban J connectivity index is 0.000000501. The fourth-order valence-corrected chi connectivity index (χ4v) is 18.6. The van der Waals surface area contributed by atoms with E-state index in [1.165, 1.54) is 33.3 Å². The van der Waals surface area contributed by atoms with E-state index in [1.54, 1.807) is 115 Å². The van der Waals surface area contributed by atoms with Crippen LogP contribution in [0.2, 0.25) is 35.2 Å². The van der Waals surface area contributed by atoms with E-state index < -0.39 is 17.9 Å². The highest BCUT2D eigenvalue weighted by molar-refractivity contribution is 9.11. The minimum absolute atomic E-state index is 0.0638. The number of hydrogen-bond acceptors (Lipinski definition) is 20. The topological polar surface area (TPSA) is 246 Å². The number of hydrogen-bond donors (Lipinski definition) is 1. The number of fused-ring (bicyclic) bond motifs is 1. The van der Waals surface area contributed by atoms with Crippen LogP contribution in [0.15, 0.2) is 255 Å². The molecule has 0 atom stereocenters. The monoisotopic (exact) mass is 2440 g/mol. The van der Waals surface area contributed by atoms with Crippen molar-refractivity contribution in [1.82, 2.24) is 0 Å². The van der Waals surface area contributed by atoms with Gasteiger partial charge in [-0.2, -0.15) is 26.3 Å². The maximum atomic E-state index is 11.7. The highest BCUT2D eigenvalue weighted by atomic mass is 79.9. The normalized spacial score (nSPS) is 9.82. The summed E-state index contributed by atoms with van der Waals surface area (Å²) in [5, 5.41) is 61.8. The van der Waals surface area contributed by atoms with Gasteiger partial charge in [-0.15, -0.1) is 56.0 Å². The zero-order valence-electron chi connectivity index (χ0n) is 69.9. The van der Waals surface area contributed by atoms with E-state index in [4.69, 9.17) is 155 Å². The van der Waals surface area contributed by atoms with Crippen molar-refractivity contribution in [2.75, 3.05) is 26.6 Å². The smallest absolute Gasteiger partial charge is 0.339 e. The molecule has 0 saturated carbocycles. The van der Waals surface area contributed by atoms with E-state index in [0.717, 1.165) is 61.7 Å². The molecule has 10 aromatic rings. The Hall–Kier alpha value is -7.52. The number of thiocarbonyl (C=S) groups is 2. The lowest BCUT2D eigenvalue weighted by Crippen LogP contribution is -2.05. The number of carbonyl (C=O) groups excluding carboxylic acids is 3.